The number of Topliss-reactive ketones (excluding diaryl/α,β-unsaturated/α-hetero) is 2. The number of ketones is 2. The molecule has 0 aliphatic rings. The minimum Gasteiger partial charge on any atom is -0.300 e. The highest BCUT2D eigenvalue weighted by atomic mass is 16.1. The quantitative estimate of drug-likeness (QED) is 0.830. The summed E-state index contributed by atoms with van der Waals surface area (Å²) in [5.41, 5.74) is 2.20. The van der Waals surface area contributed by atoms with Gasteiger partial charge in [0.2, 0.25) is 0 Å². The second-order valence-electron chi connectivity index (χ2n) is 4.92. The lowest BCUT2D eigenvalue weighted by Gasteiger charge is -1.96. The van der Waals surface area contributed by atoms with Gasteiger partial charge in [-0.25, -0.2) is 0 Å². The number of benzene rings is 2. The average Bonchev–Trinajstić information content (AvgIpc) is 2.49. The third kappa shape index (κ3) is 7.83. The molecule has 2 aromatic rings. The van der Waals surface area contributed by atoms with Gasteiger partial charge >= 0.3 is 0 Å². The second-order valence-corrected chi connectivity index (χ2v) is 4.92. The minimum absolute atomic E-state index is 0.214. The Morgan fingerprint density at radius 3 is 1.57 bits per heavy atom. The van der Waals surface area contributed by atoms with Crippen LogP contribution in [0.25, 0.3) is 0 Å². The summed E-state index contributed by atoms with van der Waals surface area (Å²) in [5, 5.41) is 0. The Morgan fingerprint density at radius 1 is 0.762 bits per heavy atom. The molecule has 2 nitrogen and oxygen atoms in total. The fraction of sp³-hybridized carbons (Fsp3) is 0.263. The van der Waals surface area contributed by atoms with E-state index in [2.05, 4.69) is 0 Å². The monoisotopic (exact) mass is 282 g/mol. The fourth-order valence-electron chi connectivity index (χ4n) is 1.83. The lowest BCUT2D eigenvalue weighted by Crippen LogP contribution is -1.99. The first-order valence-electron chi connectivity index (χ1n) is 7.20. The predicted molar refractivity (Wildman–Crippen MR) is 86.3 cm³/mol. The summed E-state index contributed by atoms with van der Waals surface area (Å²) in [6, 6.07) is 19.6. The molecular weight excluding hydrogens is 260 g/mol. The van der Waals surface area contributed by atoms with Crippen LogP contribution in [0.4, 0.5) is 0 Å². The predicted octanol–water partition coefficient (Wildman–Crippen LogP) is 4.03. The van der Waals surface area contributed by atoms with Crippen LogP contribution in [0.1, 0.15) is 31.4 Å². The molecule has 0 N–H and O–H groups in total. The fourth-order valence-corrected chi connectivity index (χ4v) is 1.83. The number of rotatable bonds is 5. The number of hydrogen-bond donors (Lipinski definition) is 0. The SMILES string of the molecule is CC(=O)Cc1ccccc1.CCC(=O)Cc1ccccc1. The molecule has 110 valence electrons. The lowest BCUT2D eigenvalue weighted by molar-refractivity contribution is -0.118. The largest absolute Gasteiger partial charge is 0.300 e. The first-order chi connectivity index (χ1) is 10.1. The number of carbonyl (C=O) groups is 2. The molecule has 0 unspecified atom stereocenters. The summed E-state index contributed by atoms with van der Waals surface area (Å²) in [5.74, 6) is 0.516. The van der Waals surface area contributed by atoms with Crippen LogP contribution in [0, 0.1) is 0 Å². The van der Waals surface area contributed by atoms with E-state index in [4.69, 9.17) is 0 Å². The highest BCUT2D eigenvalue weighted by molar-refractivity contribution is 5.80. The zero-order chi connectivity index (χ0) is 15.5. The van der Waals surface area contributed by atoms with Crippen molar-refractivity contribution in [2.24, 2.45) is 0 Å². The molecule has 0 bridgehead atoms. The van der Waals surface area contributed by atoms with E-state index in [-0.39, 0.29) is 5.78 Å². The molecule has 2 heteroatoms. The van der Waals surface area contributed by atoms with Gasteiger partial charge in [-0.15, -0.1) is 0 Å². The Balaban J connectivity index is 0.000000211. The highest BCUT2D eigenvalue weighted by Crippen LogP contribution is 2.01. The van der Waals surface area contributed by atoms with Gasteiger partial charge < -0.3 is 0 Å². The molecule has 0 amide bonds. The maximum atomic E-state index is 11.0. The summed E-state index contributed by atoms with van der Waals surface area (Å²) in [7, 11) is 0. The third-order valence-corrected chi connectivity index (χ3v) is 2.93. The van der Waals surface area contributed by atoms with Gasteiger partial charge in [-0.05, 0) is 18.1 Å². The molecule has 0 radical (unpaired) electrons. The third-order valence-electron chi connectivity index (χ3n) is 2.93. The van der Waals surface area contributed by atoms with Crippen molar-refractivity contribution < 1.29 is 9.59 Å². The molecule has 0 saturated heterocycles. The molecule has 0 aliphatic heterocycles. The van der Waals surface area contributed by atoms with Crippen molar-refractivity contribution in [3.05, 3.63) is 71.8 Å². The number of hydrogen-bond acceptors (Lipinski definition) is 2. The Morgan fingerprint density at radius 2 is 1.19 bits per heavy atom. The van der Waals surface area contributed by atoms with Crippen molar-refractivity contribution in [1.29, 1.82) is 0 Å². The van der Waals surface area contributed by atoms with Gasteiger partial charge in [0.15, 0.2) is 0 Å². The Kier molecular flexibility index (Phi) is 7.73. The van der Waals surface area contributed by atoms with Crippen molar-refractivity contribution >= 4 is 11.6 Å². The van der Waals surface area contributed by atoms with E-state index < -0.39 is 0 Å². The molecule has 0 aliphatic carbocycles. The van der Waals surface area contributed by atoms with Crippen molar-refractivity contribution in [1.82, 2.24) is 0 Å². The topological polar surface area (TPSA) is 34.1 Å². The van der Waals surface area contributed by atoms with Crippen LogP contribution in [0.2, 0.25) is 0 Å². The molecule has 0 spiro atoms. The minimum atomic E-state index is 0.214. The Hall–Kier alpha value is -2.22. The van der Waals surface area contributed by atoms with Crippen molar-refractivity contribution in [3.63, 3.8) is 0 Å². The number of carbonyl (C=O) groups excluding carboxylic acids is 2. The van der Waals surface area contributed by atoms with Crippen LogP contribution in [0.5, 0.6) is 0 Å². The van der Waals surface area contributed by atoms with Crippen molar-refractivity contribution in [2.45, 2.75) is 33.1 Å². The van der Waals surface area contributed by atoms with Crippen LogP contribution in [-0.2, 0) is 22.4 Å². The highest BCUT2D eigenvalue weighted by Gasteiger charge is 1.98. The van der Waals surface area contributed by atoms with E-state index in [9.17, 15) is 9.59 Å². The summed E-state index contributed by atoms with van der Waals surface area (Å²) < 4.78 is 0. The molecule has 21 heavy (non-hydrogen) atoms. The summed E-state index contributed by atoms with van der Waals surface area (Å²) in [4.78, 5) is 21.6. The van der Waals surface area contributed by atoms with Crippen LogP contribution >= 0.6 is 0 Å². The van der Waals surface area contributed by atoms with E-state index in [1.807, 2.05) is 67.6 Å². The molecule has 2 aromatic carbocycles. The Bertz CT molecular complexity index is 544. The van der Waals surface area contributed by atoms with Crippen LogP contribution in [-0.4, -0.2) is 11.6 Å². The first kappa shape index (κ1) is 16.8. The smallest absolute Gasteiger partial charge is 0.136 e. The summed E-state index contributed by atoms with van der Waals surface area (Å²) in [6.45, 7) is 3.50. The van der Waals surface area contributed by atoms with E-state index in [1.54, 1.807) is 6.92 Å². The lowest BCUT2D eigenvalue weighted by atomic mass is 10.1. The van der Waals surface area contributed by atoms with E-state index in [0.29, 0.717) is 25.0 Å². The average molecular weight is 282 g/mol. The van der Waals surface area contributed by atoms with Crippen molar-refractivity contribution in [2.75, 3.05) is 0 Å². The normalized spacial score (nSPS) is 9.43. The van der Waals surface area contributed by atoms with Gasteiger partial charge in [-0.3, -0.25) is 9.59 Å². The van der Waals surface area contributed by atoms with E-state index in [0.717, 1.165) is 11.1 Å². The summed E-state index contributed by atoms with van der Waals surface area (Å²) in [6.07, 6.45) is 1.77. The van der Waals surface area contributed by atoms with Gasteiger partial charge in [-0.1, -0.05) is 67.6 Å². The Labute approximate surface area is 126 Å². The van der Waals surface area contributed by atoms with Gasteiger partial charge in [0.1, 0.15) is 11.6 Å². The molecule has 0 atom stereocenters. The van der Waals surface area contributed by atoms with Crippen molar-refractivity contribution in [3.8, 4) is 0 Å². The maximum absolute atomic E-state index is 11.0. The van der Waals surface area contributed by atoms with E-state index in [1.165, 1.54) is 0 Å². The second kappa shape index (κ2) is 9.65. The molecule has 0 saturated carbocycles. The molecule has 0 heterocycles. The van der Waals surface area contributed by atoms with Crippen LogP contribution in [0.3, 0.4) is 0 Å². The molecule has 0 aromatic heterocycles. The van der Waals surface area contributed by atoms with Crippen LogP contribution in [0.15, 0.2) is 60.7 Å². The molecule has 2 rings (SSSR count). The zero-order valence-corrected chi connectivity index (χ0v) is 12.7. The standard InChI is InChI=1S/C10H12O.C9H10O/c1-2-10(11)8-9-6-4-3-5-7-9;1-8(10)7-9-5-3-2-4-6-9/h3-7H,2,8H2,1H3;2-6H,7H2,1H3. The van der Waals surface area contributed by atoms with Gasteiger partial charge in [0.25, 0.3) is 0 Å². The zero-order valence-electron chi connectivity index (χ0n) is 12.7. The maximum Gasteiger partial charge on any atom is 0.136 e. The van der Waals surface area contributed by atoms with Gasteiger partial charge in [-0.2, -0.15) is 0 Å². The first-order valence-corrected chi connectivity index (χ1v) is 7.20. The molecular formula is C19H22O2. The molecule has 0 fully saturated rings. The van der Waals surface area contributed by atoms with Gasteiger partial charge in [0, 0.05) is 19.3 Å². The van der Waals surface area contributed by atoms with Gasteiger partial charge in [0.05, 0.1) is 0 Å². The summed E-state index contributed by atoms with van der Waals surface area (Å²) >= 11 is 0. The van der Waals surface area contributed by atoms with Crippen LogP contribution < -0.4 is 0 Å². The van der Waals surface area contributed by atoms with E-state index >= 15 is 0 Å².